The standard InChI is InChI=1S/C16H17ClN2O2/c1-10-3-6-13(17)15(7-10)21-9-11-4-5-12(16(18)19)14(8-11)20-2/h3-8H,9H2,1-2H3,(H3,18,19). The second-order valence-electron chi connectivity index (χ2n) is 4.67. The topological polar surface area (TPSA) is 68.3 Å². The molecule has 110 valence electrons. The summed E-state index contributed by atoms with van der Waals surface area (Å²) in [5.74, 6) is 1.17. The fraction of sp³-hybridized carbons (Fsp3) is 0.188. The maximum Gasteiger partial charge on any atom is 0.138 e. The molecule has 21 heavy (non-hydrogen) atoms. The highest BCUT2D eigenvalue weighted by Gasteiger charge is 2.08. The monoisotopic (exact) mass is 304 g/mol. The summed E-state index contributed by atoms with van der Waals surface area (Å²) < 4.78 is 11.0. The van der Waals surface area contributed by atoms with Crippen molar-refractivity contribution < 1.29 is 9.47 Å². The van der Waals surface area contributed by atoms with E-state index in [1.807, 2.05) is 31.2 Å². The molecule has 5 heteroatoms. The highest BCUT2D eigenvalue weighted by atomic mass is 35.5. The quantitative estimate of drug-likeness (QED) is 0.656. The van der Waals surface area contributed by atoms with Gasteiger partial charge in [-0.25, -0.2) is 0 Å². The normalized spacial score (nSPS) is 10.2. The molecule has 0 aliphatic heterocycles. The maximum atomic E-state index is 7.49. The van der Waals surface area contributed by atoms with Gasteiger partial charge in [0.25, 0.3) is 0 Å². The van der Waals surface area contributed by atoms with Gasteiger partial charge in [-0.1, -0.05) is 23.7 Å². The Morgan fingerprint density at radius 2 is 1.95 bits per heavy atom. The first-order chi connectivity index (χ1) is 10.0. The van der Waals surface area contributed by atoms with Crippen molar-refractivity contribution in [3.63, 3.8) is 0 Å². The zero-order chi connectivity index (χ0) is 15.4. The van der Waals surface area contributed by atoms with Gasteiger partial charge in [-0.05, 0) is 42.3 Å². The molecule has 0 radical (unpaired) electrons. The molecule has 0 heterocycles. The Balaban J connectivity index is 2.17. The molecular weight excluding hydrogens is 288 g/mol. The van der Waals surface area contributed by atoms with E-state index >= 15 is 0 Å². The first-order valence-electron chi connectivity index (χ1n) is 6.41. The van der Waals surface area contributed by atoms with Crippen LogP contribution in [0.2, 0.25) is 5.02 Å². The molecule has 0 amide bonds. The van der Waals surface area contributed by atoms with E-state index in [-0.39, 0.29) is 5.84 Å². The molecular formula is C16H17ClN2O2. The van der Waals surface area contributed by atoms with Gasteiger partial charge < -0.3 is 15.2 Å². The van der Waals surface area contributed by atoms with Crippen molar-refractivity contribution in [2.45, 2.75) is 13.5 Å². The van der Waals surface area contributed by atoms with E-state index in [1.54, 1.807) is 19.2 Å². The van der Waals surface area contributed by atoms with Crippen LogP contribution in [0.25, 0.3) is 0 Å². The van der Waals surface area contributed by atoms with Gasteiger partial charge in [0.15, 0.2) is 0 Å². The van der Waals surface area contributed by atoms with E-state index in [0.717, 1.165) is 11.1 Å². The lowest BCUT2D eigenvalue weighted by atomic mass is 10.1. The summed E-state index contributed by atoms with van der Waals surface area (Å²) in [5.41, 5.74) is 8.05. The number of ether oxygens (including phenoxy) is 2. The summed E-state index contributed by atoms with van der Waals surface area (Å²) in [6, 6.07) is 11.0. The van der Waals surface area contributed by atoms with Crippen LogP contribution >= 0.6 is 11.6 Å². The minimum absolute atomic E-state index is 0.0268. The van der Waals surface area contributed by atoms with Crippen LogP contribution in [0.15, 0.2) is 36.4 Å². The van der Waals surface area contributed by atoms with Crippen molar-refractivity contribution in [1.29, 1.82) is 5.41 Å². The van der Waals surface area contributed by atoms with Gasteiger partial charge in [0.05, 0.1) is 17.7 Å². The summed E-state index contributed by atoms with van der Waals surface area (Å²) in [6.07, 6.45) is 0. The molecule has 2 aromatic rings. The molecule has 0 aromatic heterocycles. The predicted molar refractivity (Wildman–Crippen MR) is 84.5 cm³/mol. The fourth-order valence-electron chi connectivity index (χ4n) is 1.93. The summed E-state index contributed by atoms with van der Waals surface area (Å²) in [6.45, 7) is 2.34. The van der Waals surface area contributed by atoms with E-state index in [2.05, 4.69) is 0 Å². The van der Waals surface area contributed by atoms with Gasteiger partial charge >= 0.3 is 0 Å². The van der Waals surface area contributed by atoms with Gasteiger partial charge in [0, 0.05) is 0 Å². The van der Waals surface area contributed by atoms with Crippen molar-refractivity contribution >= 4 is 17.4 Å². The van der Waals surface area contributed by atoms with Gasteiger partial charge in [-0.15, -0.1) is 0 Å². The number of benzene rings is 2. The smallest absolute Gasteiger partial charge is 0.138 e. The number of nitrogens with two attached hydrogens (primary N) is 1. The van der Waals surface area contributed by atoms with Crippen LogP contribution < -0.4 is 15.2 Å². The number of nitrogens with one attached hydrogen (secondary N) is 1. The Kier molecular flexibility index (Phi) is 4.70. The van der Waals surface area contributed by atoms with Gasteiger partial charge in [-0.3, -0.25) is 5.41 Å². The lowest BCUT2D eigenvalue weighted by Crippen LogP contribution is -2.12. The molecule has 0 aliphatic rings. The SMILES string of the molecule is COc1cc(COc2cc(C)ccc2Cl)ccc1C(=N)N. The van der Waals surface area contributed by atoms with E-state index in [4.69, 9.17) is 32.2 Å². The van der Waals surface area contributed by atoms with Crippen molar-refractivity contribution in [3.8, 4) is 11.5 Å². The van der Waals surface area contributed by atoms with Crippen LogP contribution in [0.1, 0.15) is 16.7 Å². The number of aryl methyl sites for hydroxylation is 1. The Morgan fingerprint density at radius 3 is 2.62 bits per heavy atom. The van der Waals surface area contributed by atoms with Crippen LogP contribution in [0.4, 0.5) is 0 Å². The second kappa shape index (κ2) is 6.50. The molecule has 0 saturated heterocycles. The Bertz CT molecular complexity index is 671. The molecule has 2 aromatic carbocycles. The van der Waals surface area contributed by atoms with E-state index in [1.165, 1.54) is 0 Å². The number of hydrogen-bond donors (Lipinski definition) is 2. The van der Waals surface area contributed by atoms with E-state index in [0.29, 0.717) is 28.7 Å². The average Bonchev–Trinajstić information content (AvgIpc) is 2.47. The van der Waals surface area contributed by atoms with E-state index < -0.39 is 0 Å². The molecule has 0 unspecified atom stereocenters. The third-order valence-electron chi connectivity index (χ3n) is 3.04. The molecule has 0 aliphatic carbocycles. The number of amidine groups is 1. The van der Waals surface area contributed by atoms with E-state index in [9.17, 15) is 0 Å². The summed E-state index contributed by atoms with van der Waals surface area (Å²) in [5, 5.41) is 8.06. The third-order valence-corrected chi connectivity index (χ3v) is 3.35. The first kappa shape index (κ1) is 15.2. The van der Waals surface area contributed by atoms with Crippen LogP contribution in [0.5, 0.6) is 11.5 Å². The van der Waals surface area contributed by atoms with Crippen molar-refractivity contribution in [3.05, 3.63) is 58.1 Å². The average molecular weight is 305 g/mol. The van der Waals surface area contributed by atoms with Crippen LogP contribution in [-0.2, 0) is 6.61 Å². The summed E-state index contributed by atoms with van der Waals surface area (Å²) in [7, 11) is 1.55. The van der Waals surface area contributed by atoms with Gasteiger partial charge in [-0.2, -0.15) is 0 Å². The Hall–Kier alpha value is -2.20. The molecule has 3 N–H and O–H groups in total. The predicted octanol–water partition coefficient (Wildman–Crippen LogP) is 3.52. The molecule has 4 nitrogen and oxygen atoms in total. The maximum absolute atomic E-state index is 7.49. The highest BCUT2D eigenvalue weighted by molar-refractivity contribution is 6.32. The van der Waals surface area contributed by atoms with Crippen molar-refractivity contribution in [1.82, 2.24) is 0 Å². The molecule has 0 fully saturated rings. The summed E-state index contributed by atoms with van der Waals surface area (Å²) in [4.78, 5) is 0. The van der Waals surface area contributed by atoms with Crippen molar-refractivity contribution in [2.24, 2.45) is 5.73 Å². The van der Waals surface area contributed by atoms with Gasteiger partial charge in [0.1, 0.15) is 23.9 Å². The van der Waals surface area contributed by atoms with Crippen LogP contribution in [0, 0.1) is 12.3 Å². The van der Waals surface area contributed by atoms with Crippen LogP contribution in [-0.4, -0.2) is 12.9 Å². The number of halogens is 1. The molecule has 0 atom stereocenters. The van der Waals surface area contributed by atoms with Crippen LogP contribution in [0.3, 0.4) is 0 Å². The van der Waals surface area contributed by atoms with Gasteiger partial charge in [0.2, 0.25) is 0 Å². The molecule has 0 saturated carbocycles. The number of hydrogen-bond acceptors (Lipinski definition) is 3. The minimum Gasteiger partial charge on any atom is -0.496 e. The largest absolute Gasteiger partial charge is 0.496 e. The third kappa shape index (κ3) is 3.67. The first-order valence-corrected chi connectivity index (χ1v) is 6.79. The highest BCUT2D eigenvalue weighted by Crippen LogP contribution is 2.27. The zero-order valence-electron chi connectivity index (χ0n) is 11.9. The molecule has 0 spiro atoms. The minimum atomic E-state index is -0.0268. The Morgan fingerprint density at radius 1 is 1.19 bits per heavy atom. The molecule has 0 bridgehead atoms. The molecule has 2 rings (SSSR count). The number of nitrogen functional groups attached to an aromatic ring is 1. The fourth-order valence-corrected chi connectivity index (χ4v) is 2.10. The van der Waals surface area contributed by atoms with Crippen molar-refractivity contribution in [2.75, 3.05) is 7.11 Å². The lowest BCUT2D eigenvalue weighted by molar-refractivity contribution is 0.305. The zero-order valence-corrected chi connectivity index (χ0v) is 12.7. The number of rotatable bonds is 5. The second-order valence-corrected chi connectivity index (χ2v) is 5.08. The number of methoxy groups -OCH3 is 1. The lowest BCUT2D eigenvalue weighted by Gasteiger charge is -2.12. The summed E-state index contributed by atoms with van der Waals surface area (Å²) >= 11 is 6.09. The Labute approximate surface area is 129 Å².